The average molecular weight is 377 g/mol. The summed E-state index contributed by atoms with van der Waals surface area (Å²) in [7, 11) is 3.14. The molecule has 2 saturated heterocycles. The molecule has 1 aromatic rings. The highest BCUT2D eigenvalue weighted by atomic mass is 16.2. The molecule has 8 nitrogen and oxygen atoms in total. The van der Waals surface area contributed by atoms with Gasteiger partial charge in [0.05, 0.1) is 5.92 Å². The highest BCUT2D eigenvalue weighted by Gasteiger charge is 2.27. The van der Waals surface area contributed by atoms with E-state index in [1.807, 2.05) is 4.90 Å². The van der Waals surface area contributed by atoms with E-state index in [1.54, 1.807) is 7.05 Å². The van der Waals surface area contributed by atoms with Crippen molar-refractivity contribution in [2.24, 2.45) is 20.0 Å². The van der Waals surface area contributed by atoms with Gasteiger partial charge >= 0.3 is 5.69 Å². The molecule has 3 heterocycles. The van der Waals surface area contributed by atoms with Crippen LogP contribution in [0, 0.1) is 5.92 Å². The van der Waals surface area contributed by atoms with Gasteiger partial charge in [0, 0.05) is 39.8 Å². The molecule has 2 fully saturated rings. The molecule has 1 amide bonds. The van der Waals surface area contributed by atoms with Crippen molar-refractivity contribution in [3.05, 3.63) is 26.9 Å². The molecule has 1 atom stereocenters. The van der Waals surface area contributed by atoms with E-state index >= 15 is 0 Å². The summed E-state index contributed by atoms with van der Waals surface area (Å²) in [5.74, 6) is 0.564. The number of nitrogens with zero attached hydrogens (tertiary/aromatic N) is 4. The predicted octanol–water partition coefficient (Wildman–Crippen LogP) is -0.0975. The van der Waals surface area contributed by atoms with E-state index in [0.717, 1.165) is 36.9 Å². The molecule has 8 heteroatoms. The minimum absolute atomic E-state index is 0.0787. The fourth-order valence-corrected chi connectivity index (χ4v) is 4.09. The van der Waals surface area contributed by atoms with Gasteiger partial charge in [-0.2, -0.15) is 0 Å². The number of carbonyl (C=O) groups excluding carboxylic acids is 1. The lowest BCUT2D eigenvalue weighted by Gasteiger charge is -2.34. The molecule has 0 aliphatic carbocycles. The molecule has 0 radical (unpaired) electrons. The second kappa shape index (κ2) is 8.73. The Balaban J connectivity index is 1.55. The Morgan fingerprint density at radius 2 is 1.85 bits per heavy atom. The van der Waals surface area contributed by atoms with Gasteiger partial charge < -0.3 is 15.1 Å². The maximum absolute atomic E-state index is 12.6. The highest BCUT2D eigenvalue weighted by molar-refractivity contribution is 5.79. The molecular weight excluding hydrogens is 346 g/mol. The Morgan fingerprint density at radius 3 is 2.59 bits per heavy atom. The number of piperidine rings is 1. The van der Waals surface area contributed by atoms with E-state index in [4.69, 9.17) is 0 Å². The first-order valence-electron chi connectivity index (χ1n) is 9.99. The van der Waals surface area contributed by atoms with E-state index in [0.29, 0.717) is 18.9 Å². The van der Waals surface area contributed by atoms with Crippen molar-refractivity contribution in [1.82, 2.24) is 19.4 Å². The largest absolute Gasteiger partial charge is 0.357 e. The van der Waals surface area contributed by atoms with Crippen LogP contribution in [0.15, 0.2) is 15.7 Å². The number of anilines is 1. The Morgan fingerprint density at radius 1 is 1.11 bits per heavy atom. The van der Waals surface area contributed by atoms with Crippen molar-refractivity contribution >= 4 is 11.7 Å². The zero-order valence-electron chi connectivity index (χ0n) is 16.4. The molecule has 2 aliphatic heterocycles. The standard InChI is InChI=1S/C19H31N5O3/c1-21-16(13-17(25)22(2)19(21)27)24-12-5-7-15(14-24)18(26)20-8-6-11-23-9-3-4-10-23/h13,15H,3-12,14H2,1-2H3,(H,20,26)/t15-/m0/s1. The van der Waals surface area contributed by atoms with E-state index in [9.17, 15) is 14.4 Å². The Hall–Kier alpha value is -2.09. The smallest absolute Gasteiger partial charge is 0.332 e. The quantitative estimate of drug-likeness (QED) is 0.701. The van der Waals surface area contributed by atoms with Gasteiger partial charge in [-0.1, -0.05) is 0 Å². The lowest BCUT2D eigenvalue weighted by molar-refractivity contribution is -0.125. The number of hydrogen-bond acceptors (Lipinski definition) is 5. The van der Waals surface area contributed by atoms with Gasteiger partial charge in [0.1, 0.15) is 5.82 Å². The third kappa shape index (κ3) is 4.61. The molecule has 2 aliphatic rings. The maximum atomic E-state index is 12.6. The molecule has 0 saturated carbocycles. The first-order chi connectivity index (χ1) is 13.0. The monoisotopic (exact) mass is 377 g/mol. The molecule has 0 aromatic carbocycles. The molecule has 3 rings (SSSR count). The van der Waals surface area contributed by atoms with Crippen LogP contribution in [0.3, 0.4) is 0 Å². The van der Waals surface area contributed by atoms with E-state index in [2.05, 4.69) is 10.2 Å². The molecule has 0 bridgehead atoms. The second-order valence-corrected chi connectivity index (χ2v) is 7.72. The number of hydrogen-bond donors (Lipinski definition) is 1. The van der Waals surface area contributed by atoms with Crippen molar-refractivity contribution in [2.45, 2.75) is 32.1 Å². The van der Waals surface area contributed by atoms with E-state index in [1.165, 1.54) is 43.6 Å². The summed E-state index contributed by atoms with van der Waals surface area (Å²) < 4.78 is 2.58. The van der Waals surface area contributed by atoms with Gasteiger partial charge in [0.2, 0.25) is 5.91 Å². The first-order valence-corrected chi connectivity index (χ1v) is 9.99. The van der Waals surface area contributed by atoms with Crippen LogP contribution in [0.4, 0.5) is 5.82 Å². The highest BCUT2D eigenvalue weighted by Crippen LogP contribution is 2.21. The molecule has 0 spiro atoms. The van der Waals surface area contributed by atoms with Gasteiger partial charge in [-0.3, -0.25) is 18.7 Å². The molecular formula is C19H31N5O3. The van der Waals surface area contributed by atoms with Crippen molar-refractivity contribution in [3.8, 4) is 0 Å². The summed E-state index contributed by atoms with van der Waals surface area (Å²) in [4.78, 5) is 41.2. The van der Waals surface area contributed by atoms with Gasteiger partial charge in [0.25, 0.3) is 5.56 Å². The van der Waals surface area contributed by atoms with Gasteiger partial charge in [-0.05, 0) is 51.7 Å². The Labute approximate surface area is 159 Å². The van der Waals surface area contributed by atoms with Crippen LogP contribution in [0.2, 0.25) is 0 Å². The van der Waals surface area contributed by atoms with Crippen molar-refractivity contribution in [2.75, 3.05) is 44.2 Å². The van der Waals surface area contributed by atoms with Crippen LogP contribution < -0.4 is 21.5 Å². The number of rotatable bonds is 6. The van der Waals surface area contributed by atoms with Gasteiger partial charge in [-0.25, -0.2) is 4.79 Å². The van der Waals surface area contributed by atoms with E-state index in [-0.39, 0.29) is 23.1 Å². The fourth-order valence-electron chi connectivity index (χ4n) is 4.09. The summed E-state index contributed by atoms with van der Waals surface area (Å²) in [6.07, 6.45) is 5.26. The lowest BCUT2D eigenvalue weighted by Crippen LogP contribution is -2.46. The minimum atomic E-state index is -0.342. The summed E-state index contributed by atoms with van der Waals surface area (Å²) in [5.41, 5.74) is -0.660. The molecule has 1 aromatic heterocycles. The van der Waals surface area contributed by atoms with Gasteiger partial charge in [0.15, 0.2) is 0 Å². The normalized spacial score (nSPS) is 20.8. The van der Waals surface area contributed by atoms with Crippen LogP contribution in [0.5, 0.6) is 0 Å². The van der Waals surface area contributed by atoms with Crippen LogP contribution >= 0.6 is 0 Å². The molecule has 27 heavy (non-hydrogen) atoms. The summed E-state index contributed by atoms with van der Waals surface area (Å²) >= 11 is 0. The average Bonchev–Trinajstić information content (AvgIpc) is 3.20. The summed E-state index contributed by atoms with van der Waals surface area (Å²) in [5, 5.41) is 3.07. The lowest BCUT2D eigenvalue weighted by atomic mass is 9.97. The zero-order chi connectivity index (χ0) is 19.4. The SMILES string of the molecule is Cn1c(N2CCC[C@H](C(=O)NCCCN3CCCC3)C2)cc(=O)n(C)c1=O. The van der Waals surface area contributed by atoms with Crippen LogP contribution in [-0.4, -0.2) is 59.2 Å². The number of nitrogens with one attached hydrogen (secondary N) is 1. The Bertz CT molecular complexity index is 779. The maximum Gasteiger partial charge on any atom is 0.332 e. The van der Waals surface area contributed by atoms with Crippen LogP contribution in [0.1, 0.15) is 32.1 Å². The first kappa shape index (κ1) is 19.7. The fraction of sp³-hybridized carbons (Fsp3) is 0.737. The molecule has 1 N–H and O–H groups in total. The van der Waals surface area contributed by atoms with Crippen LogP contribution in [0.25, 0.3) is 0 Å². The predicted molar refractivity (Wildman–Crippen MR) is 105 cm³/mol. The number of amides is 1. The van der Waals surface area contributed by atoms with E-state index < -0.39 is 0 Å². The number of carbonyl (C=O) groups is 1. The van der Waals surface area contributed by atoms with Crippen molar-refractivity contribution in [3.63, 3.8) is 0 Å². The third-order valence-corrected chi connectivity index (χ3v) is 5.77. The second-order valence-electron chi connectivity index (χ2n) is 7.72. The molecule has 0 unspecified atom stereocenters. The summed E-state index contributed by atoms with van der Waals surface area (Å²) in [6.45, 7) is 5.40. The van der Waals surface area contributed by atoms with Crippen molar-refractivity contribution < 1.29 is 4.79 Å². The Kier molecular flexibility index (Phi) is 6.36. The minimum Gasteiger partial charge on any atom is -0.357 e. The van der Waals surface area contributed by atoms with Crippen molar-refractivity contribution in [1.29, 1.82) is 0 Å². The number of aromatic nitrogens is 2. The molecule has 150 valence electrons. The zero-order valence-corrected chi connectivity index (χ0v) is 16.4. The topological polar surface area (TPSA) is 79.6 Å². The number of likely N-dealkylation sites (tertiary alicyclic amines) is 1. The third-order valence-electron chi connectivity index (χ3n) is 5.77. The van der Waals surface area contributed by atoms with Gasteiger partial charge in [-0.15, -0.1) is 0 Å². The van der Waals surface area contributed by atoms with Crippen LogP contribution in [-0.2, 0) is 18.9 Å². The summed E-state index contributed by atoms with van der Waals surface area (Å²) in [6, 6.07) is 1.48.